The zero-order chi connectivity index (χ0) is 14.8. The van der Waals surface area contributed by atoms with E-state index in [2.05, 4.69) is 15.2 Å². The lowest BCUT2D eigenvalue weighted by molar-refractivity contribution is 0.0754. The molecule has 1 aromatic rings. The summed E-state index contributed by atoms with van der Waals surface area (Å²) >= 11 is 2.03. The number of fused-ring (bicyclic) bond motifs is 1. The summed E-state index contributed by atoms with van der Waals surface area (Å²) in [6.07, 6.45) is 12.8. The summed E-state index contributed by atoms with van der Waals surface area (Å²) < 4.78 is 0. The summed E-state index contributed by atoms with van der Waals surface area (Å²) in [5, 5.41) is 2.46. The van der Waals surface area contributed by atoms with Crippen LogP contribution in [-0.4, -0.2) is 42.0 Å². The fourth-order valence-electron chi connectivity index (χ4n) is 4.67. The fourth-order valence-corrected chi connectivity index (χ4v) is 5.81. The highest BCUT2D eigenvalue weighted by Crippen LogP contribution is 2.31. The Morgan fingerprint density at radius 2 is 1.68 bits per heavy atom. The fraction of sp³-hybridized carbons (Fsp3) is 0.789. The van der Waals surface area contributed by atoms with Crippen molar-refractivity contribution in [1.82, 2.24) is 9.80 Å². The highest BCUT2D eigenvalue weighted by molar-refractivity contribution is 7.10. The highest BCUT2D eigenvalue weighted by atomic mass is 32.1. The van der Waals surface area contributed by atoms with Crippen LogP contribution in [0.15, 0.2) is 5.38 Å². The summed E-state index contributed by atoms with van der Waals surface area (Å²) in [5.74, 6) is 0. The van der Waals surface area contributed by atoms with Crippen LogP contribution in [0, 0.1) is 0 Å². The minimum Gasteiger partial charge on any atom is -0.298 e. The van der Waals surface area contributed by atoms with E-state index in [9.17, 15) is 0 Å². The van der Waals surface area contributed by atoms with Crippen LogP contribution in [0.2, 0.25) is 0 Å². The minimum absolute atomic E-state index is 0.907. The number of hydrogen-bond donors (Lipinski definition) is 0. The average molecular weight is 319 g/mol. The average Bonchev–Trinajstić information content (AvgIpc) is 3.00. The van der Waals surface area contributed by atoms with Gasteiger partial charge in [0.15, 0.2) is 0 Å². The maximum atomic E-state index is 2.79. The molecule has 1 saturated heterocycles. The van der Waals surface area contributed by atoms with Gasteiger partial charge in [0.25, 0.3) is 0 Å². The smallest absolute Gasteiger partial charge is 0.0245 e. The molecule has 2 heterocycles. The maximum Gasteiger partial charge on any atom is 0.0245 e. The van der Waals surface area contributed by atoms with Crippen molar-refractivity contribution in [2.75, 3.05) is 26.2 Å². The Balaban J connectivity index is 1.31. The van der Waals surface area contributed by atoms with Gasteiger partial charge in [-0.3, -0.25) is 9.80 Å². The number of rotatable bonds is 3. The van der Waals surface area contributed by atoms with Gasteiger partial charge in [0.1, 0.15) is 0 Å². The molecule has 0 unspecified atom stereocenters. The van der Waals surface area contributed by atoms with E-state index >= 15 is 0 Å². The molecule has 1 saturated carbocycles. The van der Waals surface area contributed by atoms with Crippen molar-refractivity contribution in [2.45, 2.75) is 70.4 Å². The number of hydrogen-bond acceptors (Lipinski definition) is 3. The van der Waals surface area contributed by atoms with Crippen molar-refractivity contribution in [3.05, 3.63) is 21.4 Å². The van der Waals surface area contributed by atoms with Crippen LogP contribution in [0.3, 0.4) is 0 Å². The predicted molar refractivity (Wildman–Crippen MR) is 94.7 cm³/mol. The second kappa shape index (κ2) is 7.02. The van der Waals surface area contributed by atoms with Crippen LogP contribution in [0.4, 0.5) is 0 Å². The van der Waals surface area contributed by atoms with Gasteiger partial charge in [-0.05, 0) is 55.0 Å². The number of aryl methyl sites for hydroxylation is 1. The normalized spacial score (nSPS) is 25.3. The van der Waals surface area contributed by atoms with Gasteiger partial charge in [-0.1, -0.05) is 19.3 Å². The zero-order valence-electron chi connectivity index (χ0n) is 13.9. The molecule has 22 heavy (non-hydrogen) atoms. The lowest BCUT2D eigenvalue weighted by Crippen LogP contribution is -2.50. The van der Waals surface area contributed by atoms with Gasteiger partial charge in [-0.25, -0.2) is 0 Å². The Kier molecular flexibility index (Phi) is 4.84. The molecule has 0 amide bonds. The Morgan fingerprint density at radius 3 is 2.50 bits per heavy atom. The van der Waals surface area contributed by atoms with Crippen molar-refractivity contribution in [3.63, 3.8) is 0 Å². The lowest BCUT2D eigenvalue weighted by Gasteiger charge is -2.40. The zero-order valence-corrected chi connectivity index (χ0v) is 14.7. The molecule has 0 N–H and O–H groups in total. The summed E-state index contributed by atoms with van der Waals surface area (Å²) in [4.78, 5) is 7.19. The standard InChI is InChI=1S/C19H30N2S/c1-2-6-17(7-3-1)21-12-10-20(11-13-21)14-16-15-22-19-9-5-4-8-18(16)19/h15,17H,1-14H2. The third-order valence-electron chi connectivity index (χ3n) is 6.04. The second-order valence-electron chi connectivity index (χ2n) is 7.47. The molecule has 0 spiro atoms. The van der Waals surface area contributed by atoms with Crippen LogP contribution in [0.5, 0.6) is 0 Å². The van der Waals surface area contributed by atoms with E-state index < -0.39 is 0 Å². The molecule has 0 radical (unpaired) electrons. The summed E-state index contributed by atoms with van der Waals surface area (Å²) in [6.45, 7) is 6.38. The molecule has 3 aliphatic rings. The largest absolute Gasteiger partial charge is 0.298 e. The van der Waals surface area contributed by atoms with Crippen LogP contribution >= 0.6 is 11.3 Å². The Labute approximate surface area is 139 Å². The van der Waals surface area contributed by atoms with E-state index in [-0.39, 0.29) is 0 Å². The number of thiophene rings is 1. The SMILES string of the molecule is c1sc2c(c1CN1CCN(C3CCCCC3)CC1)CCCC2. The van der Waals surface area contributed by atoms with E-state index in [1.54, 1.807) is 16.0 Å². The van der Waals surface area contributed by atoms with Gasteiger partial charge in [0.05, 0.1) is 0 Å². The monoisotopic (exact) mass is 318 g/mol. The van der Waals surface area contributed by atoms with Gasteiger partial charge in [0, 0.05) is 43.6 Å². The molecule has 4 rings (SSSR count). The van der Waals surface area contributed by atoms with Gasteiger partial charge in [0.2, 0.25) is 0 Å². The number of nitrogens with zero attached hydrogens (tertiary/aromatic N) is 2. The van der Waals surface area contributed by atoms with E-state index in [0.717, 1.165) is 6.04 Å². The molecule has 1 aliphatic heterocycles. The van der Waals surface area contributed by atoms with Gasteiger partial charge in [-0.15, -0.1) is 11.3 Å². The van der Waals surface area contributed by atoms with E-state index in [1.165, 1.54) is 90.5 Å². The van der Waals surface area contributed by atoms with Crippen LogP contribution < -0.4 is 0 Å². The molecule has 122 valence electrons. The molecular weight excluding hydrogens is 288 g/mol. The second-order valence-corrected chi connectivity index (χ2v) is 8.44. The van der Waals surface area contributed by atoms with Crippen LogP contribution in [-0.2, 0) is 19.4 Å². The maximum absolute atomic E-state index is 2.79. The first-order chi connectivity index (χ1) is 10.9. The highest BCUT2D eigenvalue weighted by Gasteiger charge is 2.26. The van der Waals surface area contributed by atoms with Crippen molar-refractivity contribution >= 4 is 11.3 Å². The van der Waals surface area contributed by atoms with Crippen molar-refractivity contribution in [2.24, 2.45) is 0 Å². The predicted octanol–water partition coefficient (Wildman–Crippen LogP) is 4.08. The van der Waals surface area contributed by atoms with Crippen molar-refractivity contribution < 1.29 is 0 Å². The molecule has 2 aliphatic carbocycles. The molecule has 0 bridgehead atoms. The summed E-state index contributed by atoms with van der Waals surface area (Å²) in [5.41, 5.74) is 3.39. The third kappa shape index (κ3) is 3.27. The first kappa shape index (κ1) is 15.2. The Hall–Kier alpha value is -0.380. The van der Waals surface area contributed by atoms with Gasteiger partial charge in [-0.2, -0.15) is 0 Å². The lowest BCUT2D eigenvalue weighted by atomic mass is 9.93. The summed E-state index contributed by atoms with van der Waals surface area (Å²) in [6, 6.07) is 0.907. The molecule has 2 fully saturated rings. The molecule has 0 aromatic carbocycles. The quantitative estimate of drug-likeness (QED) is 0.828. The van der Waals surface area contributed by atoms with E-state index in [0.29, 0.717) is 0 Å². The van der Waals surface area contributed by atoms with Crippen LogP contribution in [0.1, 0.15) is 60.9 Å². The van der Waals surface area contributed by atoms with E-state index in [4.69, 9.17) is 0 Å². The summed E-state index contributed by atoms with van der Waals surface area (Å²) in [7, 11) is 0. The van der Waals surface area contributed by atoms with E-state index in [1.807, 2.05) is 11.3 Å². The molecule has 2 nitrogen and oxygen atoms in total. The molecular formula is C19H30N2S. The first-order valence-corrected chi connectivity index (χ1v) is 10.3. The third-order valence-corrected chi connectivity index (χ3v) is 7.18. The van der Waals surface area contributed by atoms with Crippen LogP contribution in [0.25, 0.3) is 0 Å². The van der Waals surface area contributed by atoms with Gasteiger partial charge < -0.3 is 0 Å². The Bertz CT molecular complexity index is 482. The molecule has 3 heteroatoms. The molecule has 0 atom stereocenters. The van der Waals surface area contributed by atoms with Gasteiger partial charge >= 0.3 is 0 Å². The first-order valence-electron chi connectivity index (χ1n) is 9.44. The van der Waals surface area contributed by atoms with Crippen molar-refractivity contribution in [1.29, 1.82) is 0 Å². The molecule has 1 aromatic heterocycles. The topological polar surface area (TPSA) is 6.48 Å². The van der Waals surface area contributed by atoms with Crippen molar-refractivity contribution in [3.8, 4) is 0 Å². The minimum atomic E-state index is 0.907. The number of piperazine rings is 1. The Morgan fingerprint density at radius 1 is 0.909 bits per heavy atom.